The van der Waals surface area contributed by atoms with E-state index in [-0.39, 0.29) is 5.54 Å². The fourth-order valence-electron chi connectivity index (χ4n) is 1.85. The zero-order valence-corrected chi connectivity index (χ0v) is 8.78. The molecule has 0 radical (unpaired) electrons. The van der Waals surface area contributed by atoms with Gasteiger partial charge in [0.15, 0.2) is 0 Å². The van der Waals surface area contributed by atoms with Crippen LogP contribution in [0.4, 0.5) is 5.82 Å². The number of hydrogen-bond acceptors (Lipinski definition) is 4. The summed E-state index contributed by atoms with van der Waals surface area (Å²) in [6.07, 6.45) is 3.67. The van der Waals surface area contributed by atoms with Crippen molar-refractivity contribution in [2.75, 3.05) is 25.1 Å². The molecule has 1 saturated heterocycles. The van der Waals surface area contributed by atoms with Crippen molar-refractivity contribution in [1.29, 1.82) is 0 Å². The molecule has 0 atom stereocenters. The van der Waals surface area contributed by atoms with E-state index < -0.39 is 0 Å². The Bertz CT molecular complexity index is 296. The first kappa shape index (κ1) is 10.4. The number of rotatable bonds is 3. The van der Waals surface area contributed by atoms with E-state index in [1.165, 1.54) is 0 Å². The Morgan fingerprint density at radius 2 is 2.20 bits per heavy atom. The van der Waals surface area contributed by atoms with E-state index in [0.29, 0.717) is 6.54 Å². The Labute approximate surface area is 89.8 Å². The molecule has 15 heavy (non-hydrogen) atoms. The first-order valence-corrected chi connectivity index (χ1v) is 5.32. The number of hydrogen-bond donors (Lipinski definition) is 2. The number of nitrogens with one attached hydrogen (secondary N) is 1. The van der Waals surface area contributed by atoms with Crippen LogP contribution in [0.5, 0.6) is 0 Å². The van der Waals surface area contributed by atoms with Crippen LogP contribution >= 0.6 is 0 Å². The van der Waals surface area contributed by atoms with E-state index in [0.717, 1.165) is 31.9 Å². The van der Waals surface area contributed by atoms with Gasteiger partial charge in [-0.15, -0.1) is 0 Å². The van der Waals surface area contributed by atoms with Gasteiger partial charge in [0.2, 0.25) is 0 Å². The monoisotopic (exact) mass is 207 g/mol. The maximum absolute atomic E-state index is 5.84. The third-order valence-electron chi connectivity index (χ3n) is 2.90. The first-order chi connectivity index (χ1) is 7.35. The highest BCUT2D eigenvalue weighted by atomic mass is 16.5. The van der Waals surface area contributed by atoms with Crippen molar-refractivity contribution in [3.63, 3.8) is 0 Å². The maximum atomic E-state index is 5.84. The summed E-state index contributed by atoms with van der Waals surface area (Å²) < 4.78 is 5.35. The lowest BCUT2D eigenvalue weighted by molar-refractivity contribution is 0.0627. The van der Waals surface area contributed by atoms with E-state index in [1.807, 2.05) is 18.2 Å². The van der Waals surface area contributed by atoms with Crippen molar-refractivity contribution >= 4 is 5.82 Å². The van der Waals surface area contributed by atoms with Crippen LogP contribution in [-0.2, 0) is 4.74 Å². The van der Waals surface area contributed by atoms with Crippen LogP contribution in [0, 0.1) is 0 Å². The lowest BCUT2D eigenvalue weighted by Gasteiger charge is -2.37. The average Bonchev–Trinajstić information content (AvgIpc) is 2.32. The predicted molar refractivity (Wildman–Crippen MR) is 59.7 cm³/mol. The molecular weight excluding hydrogens is 190 g/mol. The molecule has 0 bridgehead atoms. The highest BCUT2D eigenvalue weighted by Crippen LogP contribution is 2.23. The van der Waals surface area contributed by atoms with Gasteiger partial charge in [-0.25, -0.2) is 4.98 Å². The lowest BCUT2D eigenvalue weighted by Crippen LogP contribution is -2.49. The Morgan fingerprint density at radius 1 is 1.40 bits per heavy atom. The quantitative estimate of drug-likeness (QED) is 0.776. The van der Waals surface area contributed by atoms with Gasteiger partial charge in [-0.2, -0.15) is 0 Å². The smallest absolute Gasteiger partial charge is 0.126 e. The summed E-state index contributed by atoms with van der Waals surface area (Å²) in [6.45, 7) is 2.17. The average molecular weight is 207 g/mol. The molecule has 82 valence electrons. The standard InChI is InChI=1S/C11H17N3O/c12-9-11(4-7-15-8-5-11)14-10-3-1-2-6-13-10/h1-3,6H,4-5,7-9,12H2,(H,13,14). The fraction of sp³-hybridized carbons (Fsp3) is 0.545. The molecule has 1 fully saturated rings. The summed E-state index contributed by atoms with van der Waals surface area (Å²) in [5.74, 6) is 0.893. The molecule has 1 aromatic rings. The van der Waals surface area contributed by atoms with Crippen LogP contribution in [-0.4, -0.2) is 30.3 Å². The zero-order chi connectivity index (χ0) is 10.6. The summed E-state index contributed by atoms with van der Waals surface area (Å²) in [5, 5.41) is 3.43. The molecule has 0 saturated carbocycles. The first-order valence-electron chi connectivity index (χ1n) is 5.32. The van der Waals surface area contributed by atoms with Crippen LogP contribution in [0.25, 0.3) is 0 Å². The van der Waals surface area contributed by atoms with E-state index in [2.05, 4.69) is 10.3 Å². The van der Waals surface area contributed by atoms with Gasteiger partial charge in [-0.05, 0) is 25.0 Å². The minimum Gasteiger partial charge on any atom is -0.381 e. The molecule has 0 amide bonds. The molecule has 2 rings (SSSR count). The number of nitrogens with zero attached hydrogens (tertiary/aromatic N) is 1. The molecule has 1 aliphatic heterocycles. The Morgan fingerprint density at radius 3 is 2.80 bits per heavy atom. The number of aromatic nitrogens is 1. The van der Waals surface area contributed by atoms with Crippen LogP contribution in [0.3, 0.4) is 0 Å². The van der Waals surface area contributed by atoms with Gasteiger partial charge >= 0.3 is 0 Å². The minimum absolute atomic E-state index is 0.0351. The highest BCUT2D eigenvalue weighted by Gasteiger charge is 2.31. The number of anilines is 1. The van der Waals surface area contributed by atoms with Crippen molar-refractivity contribution in [3.8, 4) is 0 Å². The molecule has 4 heteroatoms. The van der Waals surface area contributed by atoms with Crippen molar-refractivity contribution in [2.24, 2.45) is 5.73 Å². The van der Waals surface area contributed by atoms with Gasteiger partial charge in [0.1, 0.15) is 5.82 Å². The van der Waals surface area contributed by atoms with Gasteiger partial charge in [-0.3, -0.25) is 0 Å². The molecular formula is C11H17N3O. The number of nitrogens with two attached hydrogens (primary N) is 1. The van der Waals surface area contributed by atoms with Gasteiger partial charge in [0, 0.05) is 26.0 Å². The second kappa shape index (κ2) is 4.59. The second-order valence-corrected chi connectivity index (χ2v) is 3.94. The summed E-state index contributed by atoms with van der Waals surface area (Å²) in [5.41, 5.74) is 5.81. The molecule has 0 aromatic carbocycles. The van der Waals surface area contributed by atoms with Crippen molar-refractivity contribution in [3.05, 3.63) is 24.4 Å². The van der Waals surface area contributed by atoms with E-state index >= 15 is 0 Å². The lowest BCUT2D eigenvalue weighted by atomic mass is 9.90. The summed E-state index contributed by atoms with van der Waals surface area (Å²) in [7, 11) is 0. The predicted octanol–water partition coefficient (Wildman–Crippen LogP) is 1.00. The molecule has 0 spiro atoms. The number of ether oxygens (including phenoxy) is 1. The van der Waals surface area contributed by atoms with E-state index in [9.17, 15) is 0 Å². The third-order valence-corrected chi connectivity index (χ3v) is 2.90. The number of pyridine rings is 1. The Hall–Kier alpha value is -1.13. The Balaban J connectivity index is 2.07. The topological polar surface area (TPSA) is 60.2 Å². The van der Waals surface area contributed by atoms with Crippen LogP contribution < -0.4 is 11.1 Å². The van der Waals surface area contributed by atoms with Gasteiger partial charge in [0.05, 0.1) is 5.54 Å². The van der Waals surface area contributed by atoms with Crippen molar-refractivity contribution in [1.82, 2.24) is 4.98 Å². The molecule has 3 N–H and O–H groups in total. The fourth-order valence-corrected chi connectivity index (χ4v) is 1.85. The van der Waals surface area contributed by atoms with Crippen LogP contribution in [0.15, 0.2) is 24.4 Å². The second-order valence-electron chi connectivity index (χ2n) is 3.94. The van der Waals surface area contributed by atoms with Crippen LogP contribution in [0.1, 0.15) is 12.8 Å². The van der Waals surface area contributed by atoms with Crippen molar-refractivity contribution in [2.45, 2.75) is 18.4 Å². The molecule has 1 aliphatic rings. The Kier molecular flexibility index (Phi) is 3.18. The maximum Gasteiger partial charge on any atom is 0.126 e. The largest absolute Gasteiger partial charge is 0.381 e. The summed E-state index contributed by atoms with van der Waals surface area (Å²) in [6, 6.07) is 5.84. The zero-order valence-electron chi connectivity index (χ0n) is 8.78. The molecule has 0 unspecified atom stereocenters. The molecule has 2 heterocycles. The molecule has 0 aliphatic carbocycles. The SMILES string of the molecule is NCC1(Nc2ccccn2)CCOCC1. The van der Waals surface area contributed by atoms with Gasteiger partial charge in [-0.1, -0.05) is 6.07 Å². The minimum atomic E-state index is -0.0351. The van der Waals surface area contributed by atoms with E-state index in [1.54, 1.807) is 6.20 Å². The van der Waals surface area contributed by atoms with E-state index in [4.69, 9.17) is 10.5 Å². The van der Waals surface area contributed by atoms with Crippen LogP contribution in [0.2, 0.25) is 0 Å². The summed E-state index contributed by atoms with van der Waals surface area (Å²) in [4.78, 5) is 4.26. The highest BCUT2D eigenvalue weighted by molar-refractivity contribution is 5.37. The third kappa shape index (κ3) is 2.46. The van der Waals surface area contributed by atoms with Gasteiger partial charge in [0.25, 0.3) is 0 Å². The normalized spacial score (nSPS) is 19.8. The molecule has 4 nitrogen and oxygen atoms in total. The molecule has 1 aromatic heterocycles. The summed E-state index contributed by atoms with van der Waals surface area (Å²) >= 11 is 0. The van der Waals surface area contributed by atoms with Gasteiger partial charge < -0.3 is 15.8 Å². The van der Waals surface area contributed by atoms with Crippen molar-refractivity contribution < 1.29 is 4.74 Å².